The zero-order valence-electron chi connectivity index (χ0n) is 21.3. The highest BCUT2D eigenvalue weighted by Gasteiger charge is 2.38. The molecule has 0 saturated heterocycles. The molecular weight excluding hydrogens is 508 g/mol. The van der Waals surface area contributed by atoms with Crippen molar-refractivity contribution in [1.82, 2.24) is 24.9 Å². The minimum Gasteiger partial charge on any atom is -0.478 e. The second-order valence-electron chi connectivity index (χ2n) is 8.61. The number of benzene rings is 1. The van der Waals surface area contributed by atoms with Gasteiger partial charge in [-0.1, -0.05) is 32.0 Å². The molecule has 3 heterocycles. The van der Waals surface area contributed by atoms with Crippen molar-refractivity contribution < 1.29 is 22.7 Å². The third-order valence-corrected chi connectivity index (χ3v) is 6.92. The number of nitrogens with zero attached hydrogens (tertiary/aromatic N) is 6. The number of anilines is 1. The van der Waals surface area contributed by atoms with E-state index < -0.39 is 16.1 Å². The molecule has 0 atom stereocenters. The quantitative estimate of drug-likeness (QED) is 0.322. The summed E-state index contributed by atoms with van der Waals surface area (Å²) in [5.41, 5.74) is 2.01. The number of carbonyl (C=O) groups excluding carboxylic acids is 1. The minimum absolute atomic E-state index is 0.00846. The lowest BCUT2D eigenvalue weighted by molar-refractivity contribution is 0.143. The maximum Gasteiger partial charge on any atom is 0.430 e. The van der Waals surface area contributed by atoms with E-state index in [1.807, 2.05) is 19.9 Å². The lowest BCUT2D eigenvalue weighted by Crippen LogP contribution is -2.39. The fourth-order valence-electron chi connectivity index (χ4n) is 3.52. The highest BCUT2D eigenvalue weighted by Crippen LogP contribution is 2.35. The van der Waals surface area contributed by atoms with Crippen LogP contribution in [-0.2, 0) is 14.8 Å². The maximum atomic E-state index is 14.2. The van der Waals surface area contributed by atoms with Crippen molar-refractivity contribution >= 4 is 21.9 Å². The van der Waals surface area contributed by atoms with Crippen molar-refractivity contribution in [3.8, 4) is 28.4 Å². The van der Waals surface area contributed by atoms with E-state index in [9.17, 15) is 13.2 Å². The van der Waals surface area contributed by atoms with Crippen LogP contribution in [-0.4, -0.2) is 53.1 Å². The van der Waals surface area contributed by atoms with Gasteiger partial charge < -0.3 is 9.47 Å². The number of sulfonamides is 1. The Balaban J connectivity index is 1.87. The van der Waals surface area contributed by atoms with Crippen molar-refractivity contribution in [2.45, 2.75) is 25.7 Å². The largest absolute Gasteiger partial charge is 0.478 e. The van der Waals surface area contributed by atoms with Gasteiger partial charge in [0.15, 0.2) is 5.82 Å². The number of rotatable bonds is 8. The van der Waals surface area contributed by atoms with Gasteiger partial charge in [-0.2, -0.15) is 0 Å². The summed E-state index contributed by atoms with van der Waals surface area (Å²) in [6, 6.07) is 10.3. The van der Waals surface area contributed by atoms with Gasteiger partial charge >= 0.3 is 6.09 Å². The maximum absolute atomic E-state index is 14.2. The number of amides is 1. The summed E-state index contributed by atoms with van der Waals surface area (Å²) in [4.78, 5) is 34.0. The van der Waals surface area contributed by atoms with Crippen LogP contribution in [0.2, 0.25) is 0 Å². The van der Waals surface area contributed by atoms with Crippen LogP contribution >= 0.6 is 0 Å². The Morgan fingerprint density at radius 2 is 1.74 bits per heavy atom. The van der Waals surface area contributed by atoms with Crippen LogP contribution in [0, 0.1) is 12.8 Å². The predicted molar refractivity (Wildman–Crippen MR) is 140 cm³/mol. The fourth-order valence-corrected chi connectivity index (χ4v) is 4.97. The van der Waals surface area contributed by atoms with E-state index in [2.05, 4.69) is 24.9 Å². The van der Waals surface area contributed by atoms with Gasteiger partial charge in [0.25, 0.3) is 15.9 Å². The van der Waals surface area contributed by atoms with Gasteiger partial charge in [0.1, 0.15) is 4.90 Å². The van der Waals surface area contributed by atoms with Gasteiger partial charge in [-0.25, -0.2) is 33.1 Å². The molecule has 196 valence electrons. The Morgan fingerprint density at radius 1 is 1.00 bits per heavy atom. The molecular formula is C26H26N6O5S. The number of hydrogen-bond acceptors (Lipinski definition) is 10. The first-order valence-corrected chi connectivity index (χ1v) is 13.1. The molecule has 4 aromatic rings. The molecule has 0 fully saturated rings. The van der Waals surface area contributed by atoms with Crippen LogP contribution in [0.5, 0.6) is 5.88 Å². The number of hydrogen-bond donors (Lipinski definition) is 0. The summed E-state index contributed by atoms with van der Waals surface area (Å²) in [7, 11) is -3.31. The molecule has 0 unspecified atom stereocenters. The van der Waals surface area contributed by atoms with Crippen molar-refractivity contribution in [2.75, 3.05) is 18.0 Å². The number of carbonyl (C=O) groups is 1. The first kappa shape index (κ1) is 26.6. The molecule has 0 spiro atoms. The van der Waals surface area contributed by atoms with E-state index in [1.165, 1.54) is 25.7 Å². The molecule has 1 aromatic carbocycles. The zero-order valence-corrected chi connectivity index (χ0v) is 22.1. The first-order valence-electron chi connectivity index (χ1n) is 11.6. The molecule has 0 N–H and O–H groups in total. The molecule has 1 amide bonds. The standard InChI is InChI=1S/C26H26N6O5S/c1-17(2)16-37-26(33)32(24-25(36-4)31-18(3)14-30-24)38(34,35)22-15-27-12-9-21(22)19-7-5-8-20(13-19)23-28-10-6-11-29-23/h5-15,17H,16H2,1-4H3. The molecule has 0 aliphatic rings. The lowest BCUT2D eigenvalue weighted by atomic mass is 10.0. The average Bonchev–Trinajstić information content (AvgIpc) is 2.93. The van der Waals surface area contributed by atoms with Gasteiger partial charge in [0, 0.05) is 35.9 Å². The number of aromatic nitrogens is 5. The summed E-state index contributed by atoms with van der Waals surface area (Å²) < 4.78 is 39.4. The third kappa shape index (κ3) is 5.59. The van der Waals surface area contributed by atoms with Gasteiger partial charge in [-0.15, -0.1) is 4.31 Å². The number of aryl methyl sites for hydroxylation is 1. The third-order valence-electron chi connectivity index (χ3n) is 5.23. The highest BCUT2D eigenvalue weighted by atomic mass is 32.2. The SMILES string of the molecule is COc1nc(C)cnc1N(C(=O)OCC(C)C)S(=O)(=O)c1cnccc1-c1cccc(-c2ncccn2)c1. The Kier molecular flexibility index (Phi) is 7.91. The molecule has 0 saturated carbocycles. The van der Waals surface area contributed by atoms with E-state index >= 15 is 0 Å². The van der Waals surface area contributed by atoms with Crippen LogP contribution < -0.4 is 9.04 Å². The van der Waals surface area contributed by atoms with Crippen LogP contribution in [0.25, 0.3) is 22.5 Å². The van der Waals surface area contributed by atoms with Crippen LogP contribution in [0.15, 0.2) is 72.3 Å². The van der Waals surface area contributed by atoms with Gasteiger partial charge in [-0.05, 0) is 36.6 Å². The summed E-state index contributed by atoms with van der Waals surface area (Å²) in [5.74, 6) is -0.0328. The van der Waals surface area contributed by atoms with Gasteiger partial charge in [0.05, 0.1) is 25.6 Å². The van der Waals surface area contributed by atoms with Crippen LogP contribution in [0.4, 0.5) is 10.6 Å². The number of methoxy groups -OCH3 is 1. The van der Waals surface area contributed by atoms with Crippen molar-refractivity contribution in [3.63, 3.8) is 0 Å². The van der Waals surface area contributed by atoms with Gasteiger partial charge in [0.2, 0.25) is 5.82 Å². The molecule has 11 nitrogen and oxygen atoms in total. The lowest BCUT2D eigenvalue weighted by Gasteiger charge is -2.23. The van der Waals surface area contributed by atoms with Crippen LogP contribution in [0.1, 0.15) is 19.5 Å². The highest BCUT2D eigenvalue weighted by molar-refractivity contribution is 7.93. The smallest absolute Gasteiger partial charge is 0.430 e. The summed E-state index contributed by atoms with van der Waals surface area (Å²) in [6.07, 6.45) is 6.07. The average molecular weight is 535 g/mol. The van der Waals surface area contributed by atoms with E-state index in [4.69, 9.17) is 9.47 Å². The Hall–Kier alpha value is -4.45. The van der Waals surface area contributed by atoms with Gasteiger partial charge in [-0.3, -0.25) is 4.98 Å². The molecule has 38 heavy (non-hydrogen) atoms. The Morgan fingerprint density at radius 3 is 2.45 bits per heavy atom. The van der Waals surface area contributed by atoms with Crippen molar-refractivity contribution in [2.24, 2.45) is 5.92 Å². The van der Waals surface area contributed by atoms with E-state index in [0.717, 1.165) is 0 Å². The first-order chi connectivity index (χ1) is 18.2. The molecule has 12 heteroatoms. The van der Waals surface area contributed by atoms with Crippen molar-refractivity contribution in [3.05, 3.63) is 73.1 Å². The zero-order chi connectivity index (χ0) is 27.3. The molecule has 0 radical (unpaired) electrons. The molecule has 0 aliphatic heterocycles. The molecule has 3 aromatic heterocycles. The minimum atomic E-state index is -4.62. The van der Waals surface area contributed by atoms with Crippen molar-refractivity contribution in [1.29, 1.82) is 0 Å². The normalized spacial score (nSPS) is 11.3. The molecule has 0 aliphatic carbocycles. The second-order valence-corrected chi connectivity index (χ2v) is 10.4. The Labute approximate surface area is 220 Å². The molecule has 0 bridgehead atoms. The fraction of sp³-hybridized carbons (Fsp3) is 0.231. The van der Waals surface area contributed by atoms with E-state index in [-0.39, 0.29) is 29.1 Å². The second kappa shape index (κ2) is 11.3. The summed E-state index contributed by atoms with van der Waals surface area (Å²) in [5, 5.41) is 0. The summed E-state index contributed by atoms with van der Waals surface area (Å²) in [6.45, 7) is 5.32. The van der Waals surface area contributed by atoms with E-state index in [1.54, 1.807) is 49.6 Å². The number of pyridine rings is 1. The predicted octanol–water partition coefficient (Wildman–Crippen LogP) is 4.30. The van der Waals surface area contributed by atoms with E-state index in [0.29, 0.717) is 32.5 Å². The number of ether oxygens (including phenoxy) is 2. The monoisotopic (exact) mass is 534 g/mol. The topological polar surface area (TPSA) is 137 Å². The van der Waals surface area contributed by atoms with Crippen LogP contribution in [0.3, 0.4) is 0 Å². The Bertz CT molecular complexity index is 1550. The summed E-state index contributed by atoms with van der Waals surface area (Å²) >= 11 is 0. The molecule has 4 rings (SSSR count).